The average molecular weight is 279 g/mol. The van der Waals surface area contributed by atoms with Crippen LogP contribution in [0.1, 0.15) is 19.3 Å². The summed E-state index contributed by atoms with van der Waals surface area (Å²) in [6.45, 7) is 0. The highest BCUT2D eigenvalue weighted by Gasteiger charge is 2.42. The minimum absolute atomic E-state index is 0.0332. The number of benzene rings is 1. The van der Waals surface area contributed by atoms with Crippen molar-refractivity contribution < 1.29 is 13.2 Å². The van der Waals surface area contributed by atoms with Crippen LogP contribution in [0.5, 0.6) is 5.75 Å². The molecule has 1 aromatic rings. The molecule has 1 fully saturated rings. The van der Waals surface area contributed by atoms with Gasteiger partial charge in [0.2, 0.25) is 10.0 Å². The molecule has 0 aliphatic carbocycles. The first kappa shape index (κ1) is 12.7. The number of ether oxygens (including phenoxy) is 1. The van der Waals surface area contributed by atoms with Gasteiger partial charge < -0.3 is 4.74 Å². The lowest BCUT2D eigenvalue weighted by Crippen LogP contribution is -2.41. The molecular weight excluding hydrogens is 262 g/mol. The summed E-state index contributed by atoms with van der Waals surface area (Å²) in [4.78, 5) is 0.348. The second-order valence-electron chi connectivity index (χ2n) is 4.97. The summed E-state index contributed by atoms with van der Waals surface area (Å²) in [7, 11) is -1.83. The van der Waals surface area contributed by atoms with Crippen LogP contribution in [-0.4, -0.2) is 31.9 Å². The predicted octanol–water partition coefficient (Wildman–Crippen LogP) is 2.18. The standard InChI is InChI=1S/C14H17NO3S/c1-18-13-7-9-14(10-8-13)19(16,17)15-11-3-2-4-12(15)6-5-11/h2-3,7-12H,4-6H2,1H3. The molecule has 2 aliphatic rings. The Labute approximate surface area is 113 Å². The summed E-state index contributed by atoms with van der Waals surface area (Å²) in [5.41, 5.74) is 0. The SMILES string of the molecule is COc1ccc(S(=O)(=O)N2C3C=CCC2CC3)cc1. The van der Waals surface area contributed by atoms with Crippen LogP contribution in [0.4, 0.5) is 0 Å². The van der Waals surface area contributed by atoms with Crippen molar-refractivity contribution in [1.29, 1.82) is 0 Å². The topological polar surface area (TPSA) is 46.6 Å². The summed E-state index contributed by atoms with van der Waals surface area (Å²) < 4.78 is 32.1. The zero-order valence-electron chi connectivity index (χ0n) is 10.8. The van der Waals surface area contributed by atoms with Gasteiger partial charge in [0.25, 0.3) is 0 Å². The lowest BCUT2D eigenvalue weighted by atomic mass is 10.2. The Kier molecular flexibility index (Phi) is 3.11. The fourth-order valence-corrected chi connectivity index (χ4v) is 4.77. The van der Waals surface area contributed by atoms with Crippen molar-refractivity contribution in [3.8, 4) is 5.75 Å². The lowest BCUT2D eigenvalue weighted by molar-refractivity contribution is 0.341. The molecule has 1 aromatic carbocycles. The smallest absolute Gasteiger partial charge is 0.243 e. The van der Waals surface area contributed by atoms with Crippen molar-refractivity contribution in [3.63, 3.8) is 0 Å². The summed E-state index contributed by atoms with van der Waals surface area (Å²) in [6.07, 6.45) is 6.82. The highest BCUT2D eigenvalue weighted by molar-refractivity contribution is 7.89. The first-order chi connectivity index (χ1) is 9.13. The molecule has 19 heavy (non-hydrogen) atoms. The minimum Gasteiger partial charge on any atom is -0.497 e. The van der Waals surface area contributed by atoms with E-state index in [0.29, 0.717) is 10.6 Å². The average Bonchev–Trinajstić information content (AvgIpc) is 2.70. The van der Waals surface area contributed by atoms with Gasteiger partial charge in [-0.15, -0.1) is 0 Å². The van der Waals surface area contributed by atoms with Crippen LogP contribution in [-0.2, 0) is 10.0 Å². The van der Waals surface area contributed by atoms with Crippen molar-refractivity contribution in [2.45, 2.75) is 36.2 Å². The van der Waals surface area contributed by atoms with Gasteiger partial charge in [-0.1, -0.05) is 12.2 Å². The first-order valence-corrected chi connectivity index (χ1v) is 7.91. The number of sulfonamides is 1. The zero-order valence-corrected chi connectivity index (χ0v) is 11.6. The Balaban J connectivity index is 1.96. The van der Waals surface area contributed by atoms with Crippen LogP contribution in [0, 0.1) is 0 Å². The largest absolute Gasteiger partial charge is 0.497 e. The van der Waals surface area contributed by atoms with E-state index in [1.54, 1.807) is 35.7 Å². The number of hydrogen-bond donors (Lipinski definition) is 0. The molecule has 0 spiro atoms. The zero-order chi connectivity index (χ0) is 13.5. The fourth-order valence-electron chi connectivity index (χ4n) is 2.93. The highest BCUT2D eigenvalue weighted by Crippen LogP contribution is 2.36. The Hall–Kier alpha value is -1.33. The molecule has 0 N–H and O–H groups in total. The molecule has 1 saturated heterocycles. The Morgan fingerprint density at radius 2 is 1.95 bits per heavy atom. The molecule has 2 aliphatic heterocycles. The van der Waals surface area contributed by atoms with E-state index >= 15 is 0 Å². The third kappa shape index (κ3) is 2.07. The van der Waals surface area contributed by atoms with Crippen molar-refractivity contribution in [2.75, 3.05) is 7.11 Å². The van der Waals surface area contributed by atoms with Gasteiger partial charge in [-0.3, -0.25) is 0 Å². The molecule has 2 bridgehead atoms. The van der Waals surface area contributed by atoms with Gasteiger partial charge in [-0.05, 0) is 43.5 Å². The molecule has 0 saturated carbocycles. The normalized spacial score (nSPS) is 26.6. The molecular formula is C14H17NO3S. The van der Waals surface area contributed by atoms with Gasteiger partial charge in [0.15, 0.2) is 0 Å². The molecule has 5 heteroatoms. The van der Waals surface area contributed by atoms with E-state index in [0.717, 1.165) is 19.3 Å². The van der Waals surface area contributed by atoms with Crippen LogP contribution in [0.2, 0.25) is 0 Å². The van der Waals surface area contributed by atoms with Crippen LogP contribution < -0.4 is 4.74 Å². The molecule has 2 heterocycles. The van der Waals surface area contributed by atoms with E-state index in [4.69, 9.17) is 4.74 Å². The Bertz CT molecular complexity index is 592. The van der Waals surface area contributed by atoms with Crippen molar-refractivity contribution in [3.05, 3.63) is 36.4 Å². The van der Waals surface area contributed by atoms with E-state index in [1.165, 1.54) is 0 Å². The molecule has 2 unspecified atom stereocenters. The Morgan fingerprint density at radius 1 is 1.21 bits per heavy atom. The summed E-state index contributed by atoms with van der Waals surface area (Å²) in [5.74, 6) is 0.667. The van der Waals surface area contributed by atoms with Crippen molar-refractivity contribution >= 4 is 10.0 Å². The van der Waals surface area contributed by atoms with Crippen LogP contribution in [0.3, 0.4) is 0 Å². The maximum absolute atomic E-state index is 12.7. The Morgan fingerprint density at radius 3 is 2.58 bits per heavy atom. The van der Waals surface area contributed by atoms with Gasteiger partial charge in [0.05, 0.1) is 12.0 Å². The fraction of sp³-hybridized carbons (Fsp3) is 0.429. The first-order valence-electron chi connectivity index (χ1n) is 6.47. The molecule has 102 valence electrons. The van der Waals surface area contributed by atoms with E-state index in [2.05, 4.69) is 6.08 Å². The van der Waals surface area contributed by atoms with E-state index < -0.39 is 10.0 Å². The summed E-state index contributed by atoms with van der Waals surface area (Å²) in [6, 6.07) is 6.77. The third-order valence-electron chi connectivity index (χ3n) is 3.88. The monoisotopic (exact) mass is 279 g/mol. The van der Waals surface area contributed by atoms with Gasteiger partial charge in [0.1, 0.15) is 5.75 Å². The number of fused-ring (bicyclic) bond motifs is 2. The molecule has 2 atom stereocenters. The number of hydrogen-bond acceptors (Lipinski definition) is 3. The van der Waals surface area contributed by atoms with Crippen molar-refractivity contribution in [1.82, 2.24) is 4.31 Å². The van der Waals surface area contributed by atoms with Gasteiger partial charge in [-0.25, -0.2) is 8.42 Å². The van der Waals surface area contributed by atoms with Crippen LogP contribution >= 0.6 is 0 Å². The quantitative estimate of drug-likeness (QED) is 0.797. The molecule has 4 nitrogen and oxygen atoms in total. The predicted molar refractivity (Wildman–Crippen MR) is 72.6 cm³/mol. The molecule has 0 radical (unpaired) electrons. The second kappa shape index (κ2) is 4.65. The molecule has 0 amide bonds. The van der Waals surface area contributed by atoms with Crippen LogP contribution in [0.15, 0.2) is 41.3 Å². The lowest BCUT2D eigenvalue weighted by Gasteiger charge is -2.30. The van der Waals surface area contributed by atoms with E-state index in [-0.39, 0.29) is 12.1 Å². The summed E-state index contributed by atoms with van der Waals surface area (Å²) in [5, 5.41) is 0. The molecule has 0 aromatic heterocycles. The van der Waals surface area contributed by atoms with E-state index in [9.17, 15) is 8.42 Å². The number of nitrogens with zero attached hydrogens (tertiary/aromatic N) is 1. The van der Waals surface area contributed by atoms with Gasteiger partial charge in [-0.2, -0.15) is 4.31 Å². The van der Waals surface area contributed by atoms with E-state index in [1.807, 2.05) is 6.08 Å². The highest BCUT2D eigenvalue weighted by atomic mass is 32.2. The number of rotatable bonds is 3. The maximum Gasteiger partial charge on any atom is 0.243 e. The third-order valence-corrected chi connectivity index (χ3v) is 5.88. The maximum atomic E-state index is 12.7. The van der Waals surface area contributed by atoms with Gasteiger partial charge >= 0.3 is 0 Å². The van der Waals surface area contributed by atoms with Crippen molar-refractivity contribution in [2.24, 2.45) is 0 Å². The molecule has 3 rings (SSSR count). The second-order valence-corrected chi connectivity index (χ2v) is 6.82. The summed E-state index contributed by atoms with van der Waals surface area (Å²) >= 11 is 0. The number of methoxy groups -OCH3 is 1. The minimum atomic E-state index is -3.40. The van der Waals surface area contributed by atoms with Crippen LogP contribution in [0.25, 0.3) is 0 Å². The van der Waals surface area contributed by atoms with Gasteiger partial charge in [0, 0.05) is 12.1 Å².